The summed E-state index contributed by atoms with van der Waals surface area (Å²) >= 11 is 0. The third-order valence-electron chi connectivity index (χ3n) is 4.15. The Morgan fingerprint density at radius 1 is 0.963 bits per heavy atom. The number of anilines is 2. The molecule has 142 valence electrons. The summed E-state index contributed by atoms with van der Waals surface area (Å²) in [6.07, 6.45) is 0.777. The van der Waals surface area contributed by atoms with E-state index in [1.807, 2.05) is 38.1 Å². The van der Waals surface area contributed by atoms with Crippen LogP contribution in [-0.4, -0.2) is 17.7 Å². The van der Waals surface area contributed by atoms with Crippen LogP contribution < -0.4 is 16.0 Å². The maximum atomic E-state index is 12.4. The van der Waals surface area contributed by atoms with Crippen molar-refractivity contribution in [2.75, 3.05) is 10.6 Å². The van der Waals surface area contributed by atoms with Crippen molar-refractivity contribution in [3.05, 3.63) is 59.7 Å². The molecule has 0 heterocycles. The minimum absolute atomic E-state index is 0.0199. The second kappa shape index (κ2) is 9.52. The molecule has 1 unspecified atom stereocenters. The Hall–Kier alpha value is -3.15. The summed E-state index contributed by atoms with van der Waals surface area (Å²) in [6.45, 7) is 5.60. The Labute approximate surface area is 159 Å². The number of carbonyl (C=O) groups excluding carboxylic acids is 3. The number of nitrogens with one attached hydrogen (secondary N) is 3. The van der Waals surface area contributed by atoms with Gasteiger partial charge in [0.1, 0.15) is 0 Å². The van der Waals surface area contributed by atoms with Gasteiger partial charge in [0.15, 0.2) is 0 Å². The maximum absolute atomic E-state index is 12.4. The van der Waals surface area contributed by atoms with Gasteiger partial charge in [-0.25, -0.2) is 0 Å². The van der Waals surface area contributed by atoms with Gasteiger partial charge in [0.05, 0.1) is 0 Å². The van der Waals surface area contributed by atoms with Crippen LogP contribution in [-0.2, 0) is 16.1 Å². The first-order valence-electron chi connectivity index (χ1n) is 8.94. The van der Waals surface area contributed by atoms with Crippen LogP contribution >= 0.6 is 0 Å². The van der Waals surface area contributed by atoms with Crippen molar-refractivity contribution in [1.29, 1.82) is 0 Å². The summed E-state index contributed by atoms with van der Waals surface area (Å²) in [7, 11) is 0. The molecular weight excluding hydrogens is 342 g/mol. The highest BCUT2D eigenvalue weighted by molar-refractivity contribution is 5.96. The van der Waals surface area contributed by atoms with Crippen LogP contribution in [0.15, 0.2) is 48.5 Å². The highest BCUT2D eigenvalue weighted by Gasteiger charge is 2.11. The van der Waals surface area contributed by atoms with Crippen molar-refractivity contribution in [2.24, 2.45) is 5.92 Å². The molecule has 2 aromatic rings. The predicted octanol–water partition coefficient (Wildman–Crippen LogP) is 3.56. The largest absolute Gasteiger partial charge is 0.348 e. The summed E-state index contributed by atoms with van der Waals surface area (Å²) < 4.78 is 0. The topological polar surface area (TPSA) is 87.3 Å². The Bertz CT molecular complexity index is 833. The number of hydrogen-bond acceptors (Lipinski definition) is 3. The standard InChI is InChI=1S/C21H25N3O3/c1-4-14(2)20(26)24-18-9-5-7-16(11-18)13-22-21(27)17-8-6-10-19(12-17)23-15(3)25/h5-12,14H,4,13H2,1-3H3,(H,22,27)(H,23,25)(H,24,26). The molecule has 0 saturated carbocycles. The molecule has 27 heavy (non-hydrogen) atoms. The smallest absolute Gasteiger partial charge is 0.251 e. The lowest BCUT2D eigenvalue weighted by atomic mass is 10.1. The average Bonchev–Trinajstić information content (AvgIpc) is 2.65. The van der Waals surface area contributed by atoms with E-state index in [2.05, 4.69) is 16.0 Å². The number of hydrogen-bond donors (Lipinski definition) is 3. The van der Waals surface area contributed by atoms with Crippen LogP contribution in [0, 0.1) is 5.92 Å². The summed E-state index contributed by atoms with van der Waals surface area (Å²) in [6, 6.07) is 14.1. The lowest BCUT2D eigenvalue weighted by molar-refractivity contribution is -0.119. The molecule has 0 radical (unpaired) electrons. The summed E-state index contributed by atoms with van der Waals surface area (Å²) in [4.78, 5) is 35.5. The zero-order valence-electron chi connectivity index (χ0n) is 15.8. The van der Waals surface area contributed by atoms with E-state index in [0.717, 1.165) is 12.0 Å². The van der Waals surface area contributed by atoms with Gasteiger partial charge >= 0.3 is 0 Å². The molecular formula is C21H25N3O3. The first kappa shape index (κ1) is 20.2. The van der Waals surface area contributed by atoms with Crippen LogP contribution in [0.5, 0.6) is 0 Å². The monoisotopic (exact) mass is 367 g/mol. The summed E-state index contributed by atoms with van der Waals surface area (Å²) in [5, 5.41) is 8.39. The van der Waals surface area contributed by atoms with Crippen molar-refractivity contribution in [3.63, 3.8) is 0 Å². The lowest BCUT2D eigenvalue weighted by Crippen LogP contribution is -2.23. The van der Waals surface area contributed by atoms with Crippen molar-refractivity contribution >= 4 is 29.1 Å². The third-order valence-corrected chi connectivity index (χ3v) is 4.15. The van der Waals surface area contributed by atoms with Gasteiger partial charge in [0, 0.05) is 36.3 Å². The zero-order chi connectivity index (χ0) is 19.8. The fourth-order valence-electron chi connectivity index (χ4n) is 2.44. The minimum Gasteiger partial charge on any atom is -0.348 e. The normalized spacial score (nSPS) is 11.4. The molecule has 0 aliphatic heterocycles. The van der Waals surface area contributed by atoms with Crippen molar-refractivity contribution in [3.8, 4) is 0 Å². The second-order valence-electron chi connectivity index (χ2n) is 6.44. The number of amides is 3. The quantitative estimate of drug-likeness (QED) is 0.699. The maximum Gasteiger partial charge on any atom is 0.251 e. The molecule has 0 saturated heterocycles. The van der Waals surface area contributed by atoms with Crippen molar-refractivity contribution in [1.82, 2.24) is 5.32 Å². The molecule has 3 N–H and O–H groups in total. The van der Waals surface area contributed by atoms with Gasteiger partial charge in [-0.1, -0.05) is 32.0 Å². The molecule has 0 aromatic heterocycles. The van der Waals surface area contributed by atoms with Gasteiger partial charge in [-0.2, -0.15) is 0 Å². The first-order chi connectivity index (χ1) is 12.9. The third kappa shape index (κ3) is 6.26. The van der Waals surface area contributed by atoms with Gasteiger partial charge in [-0.15, -0.1) is 0 Å². The average molecular weight is 367 g/mol. The molecule has 0 aliphatic rings. The van der Waals surface area contributed by atoms with Crippen LogP contribution in [0.4, 0.5) is 11.4 Å². The fraction of sp³-hybridized carbons (Fsp3) is 0.286. The molecule has 6 heteroatoms. The Kier molecular flexibility index (Phi) is 7.11. The van der Waals surface area contributed by atoms with Crippen LogP contribution in [0.1, 0.15) is 43.1 Å². The number of carbonyl (C=O) groups is 3. The van der Waals surface area contributed by atoms with E-state index in [-0.39, 0.29) is 23.6 Å². The van der Waals surface area contributed by atoms with E-state index < -0.39 is 0 Å². The molecule has 2 aromatic carbocycles. The Morgan fingerprint density at radius 3 is 2.30 bits per heavy atom. The number of rotatable bonds is 7. The van der Waals surface area contributed by atoms with E-state index in [1.165, 1.54) is 6.92 Å². The predicted molar refractivity (Wildman–Crippen MR) is 106 cm³/mol. The van der Waals surface area contributed by atoms with Gasteiger partial charge < -0.3 is 16.0 Å². The highest BCUT2D eigenvalue weighted by Crippen LogP contribution is 2.14. The zero-order valence-corrected chi connectivity index (χ0v) is 15.8. The molecule has 0 spiro atoms. The van der Waals surface area contributed by atoms with E-state index in [1.54, 1.807) is 24.3 Å². The van der Waals surface area contributed by atoms with E-state index >= 15 is 0 Å². The molecule has 1 atom stereocenters. The van der Waals surface area contributed by atoms with Gasteiger partial charge in [0.25, 0.3) is 5.91 Å². The van der Waals surface area contributed by atoms with Crippen LogP contribution in [0.2, 0.25) is 0 Å². The van der Waals surface area contributed by atoms with E-state index in [4.69, 9.17) is 0 Å². The fourth-order valence-corrected chi connectivity index (χ4v) is 2.44. The molecule has 0 aliphatic carbocycles. The second-order valence-corrected chi connectivity index (χ2v) is 6.44. The van der Waals surface area contributed by atoms with E-state index in [9.17, 15) is 14.4 Å². The lowest BCUT2D eigenvalue weighted by Gasteiger charge is -2.12. The van der Waals surface area contributed by atoms with Gasteiger partial charge in [0.2, 0.25) is 11.8 Å². The van der Waals surface area contributed by atoms with Crippen molar-refractivity contribution in [2.45, 2.75) is 33.7 Å². The molecule has 6 nitrogen and oxygen atoms in total. The molecule has 3 amide bonds. The Balaban J connectivity index is 1.98. The van der Waals surface area contributed by atoms with Gasteiger partial charge in [-0.05, 0) is 42.3 Å². The molecule has 0 fully saturated rings. The minimum atomic E-state index is -0.240. The SMILES string of the molecule is CCC(C)C(=O)Nc1cccc(CNC(=O)c2cccc(NC(C)=O)c2)c1. The van der Waals surface area contributed by atoms with Crippen LogP contribution in [0.25, 0.3) is 0 Å². The Morgan fingerprint density at radius 2 is 1.63 bits per heavy atom. The summed E-state index contributed by atoms with van der Waals surface area (Å²) in [5.41, 5.74) is 2.62. The van der Waals surface area contributed by atoms with Gasteiger partial charge in [-0.3, -0.25) is 14.4 Å². The van der Waals surface area contributed by atoms with Crippen molar-refractivity contribution < 1.29 is 14.4 Å². The van der Waals surface area contributed by atoms with E-state index in [0.29, 0.717) is 23.5 Å². The molecule has 2 rings (SSSR count). The summed E-state index contributed by atoms with van der Waals surface area (Å²) in [5.74, 6) is -0.502. The van der Waals surface area contributed by atoms with Crippen LogP contribution in [0.3, 0.4) is 0 Å². The highest BCUT2D eigenvalue weighted by atomic mass is 16.2. The first-order valence-corrected chi connectivity index (χ1v) is 8.94. The molecule has 0 bridgehead atoms. The number of benzene rings is 2.